The molecular weight excluding hydrogens is 462 g/mol. The topological polar surface area (TPSA) is 16.4 Å². The zero-order valence-electron chi connectivity index (χ0n) is 20.6. The van der Waals surface area contributed by atoms with Crippen LogP contribution in [0.1, 0.15) is 0 Å². The van der Waals surface area contributed by atoms with Crippen LogP contribution < -0.4 is 4.90 Å². The van der Waals surface area contributed by atoms with Gasteiger partial charge < -0.3 is 9.32 Å². The highest BCUT2D eigenvalue weighted by molar-refractivity contribution is 6.19. The molecule has 0 amide bonds. The van der Waals surface area contributed by atoms with Crippen LogP contribution in [-0.4, -0.2) is 0 Å². The van der Waals surface area contributed by atoms with Crippen molar-refractivity contribution in [2.45, 2.75) is 0 Å². The summed E-state index contributed by atoms with van der Waals surface area (Å²) in [6.45, 7) is 0. The molecule has 7 aromatic carbocycles. The minimum Gasteiger partial charge on any atom is -0.455 e. The lowest BCUT2D eigenvalue weighted by Crippen LogP contribution is -2.11. The van der Waals surface area contributed by atoms with Crippen molar-refractivity contribution < 1.29 is 4.42 Å². The van der Waals surface area contributed by atoms with Crippen molar-refractivity contribution in [3.8, 4) is 0 Å². The minimum absolute atomic E-state index is 0.917. The van der Waals surface area contributed by atoms with Crippen LogP contribution in [0.4, 0.5) is 17.1 Å². The van der Waals surface area contributed by atoms with E-state index in [2.05, 4.69) is 132 Å². The number of fused-ring (bicyclic) bond motifs is 8. The van der Waals surface area contributed by atoms with E-state index in [9.17, 15) is 0 Å². The molecule has 0 aliphatic carbocycles. The van der Waals surface area contributed by atoms with Crippen molar-refractivity contribution in [3.63, 3.8) is 0 Å². The molecule has 0 unspecified atom stereocenters. The number of hydrogen-bond acceptors (Lipinski definition) is 2. The molecule has 0 radical (unpaired) electrons. The van der Waals surface area contributed by atoms with Crippen LogP contribution in [0.2, 0.25) is 0 Å². The highest BCUT2D eigenvalue weighted by Crippen LogP contribution is 2.45. The molecule has 38 heavy (non-hydrogen) atoms. The van der Waals surface area contributed by atoms with Gasteiger partial charge >= 0.3 is 0 Å². The first-order chi connectivity index (χ1) is 18.9. The smallest absolute Gasteiger partial charge is 0.143 e. The van der Waals surface area contributed by atoms with E-state index >= 15 is 0 Å². The Hall–Kier alpha value is -5.08. The van der Waals surface area contributed by atoms with Gasteiger partial charge in [-0.25, -0.2) is 0 Å². The highest BCUT2D eigenvalue weighted by Gasteiger charge is 2.20. The van der Waals surface area contributed by atoms with Gasteiger partial charge in [-0.3, -0.25) is 0 Å². The van der Waals surface area contributed by atoms with E-state index in [1.54, 1.807) is 0 Å². The summed E-state index contributed by atoms with van der Waals surface area (Å²) in [5.74, 6) is 0. The van der Waals surface area contributed by atoms with Crippen LogP contribution in [0.5, 0.6) is 0 Å². The first kappa shape index (κ1) is 21.0. The molecule has 0 spiro atoms. The second-order valence-corrected chi connectivity index (χ2v) is 9.75. The summed E-state index contributed by atoms with van der Waals surface area (Å²) in [6, 6.07) is 49.6. The number of benzene rings is 7. The van der Waals surface area contributed by atoms with Crippen molar-refractivity contribution in [1.82, 2.24) is 0 Å². The molecule has 0 saturated carbocycles. The van der Waals surface area contributed by atoms with E-state index in [0.717, 1.165) is 49.8 Å². The predicted molar refractivity (Wildman–Crippen MR) is 161 cm³/mol. The zero-order valence-corrected chi connectivity index (χ0v) is 20.6. The lowest BCUT2D eigenvalue weighted by Gasteiger charge is -2.28. The molecule has 1 aromatic heterocycles. The normalized spacial score (nSPS) is 11.7. The van der Waals surface area contributed by atoms with Crippen LogP contribution in [0.25, 0.3) is 54.3 Å². The van der Waals surface area contributed by atoms with Crippen molar-refractivity contribution in [2.75, 3.05) is 4.90 Å². The summed E-state index contributed by atoms with van der Waals surface area (Å²) in [6.07, 6.45) is 0. The lowest BCUT2D eigenvalue weighted by atomic mass is 9.98. The Morgan fingerprint density at radius 3 is 1.87 bits per heavy atom. The van der Waals surface area contributed by atoms with E-state index in [1.807, 2.05) is 12.1 Å². The highest BCUT2D eigenvalue weighted by atomic mass is 16.3. The predicted octanol–water partition coefficient (Wildman–Crippen LogP) is 10.5. The second kappa shape index (κ2) is 8.22. The minimum atomic E-state index is 0.917. The van der Waals surface area contributed by atoms with Crippen LogP contribution in [0.15, 0.2) is 144 Å². The average molecular weight is 486 g/mol. The van der Waals surface area contributed by atoms with Gasteiger partial charge in [0, 0.05) is 32.6 Å². The third-order valence-electron chi connectivity index (χ3n) is 7.62. The number of para-hydroxylation sites is 2. The monoisotopic (exact) mass is 485 g/mol. The molecule has 8 rings (SSSR count). The number of hydrogen-bond donors (Lipinski definition) is 0. The van der Waals surface area contributed by atoms with Crippen LogP contribution in [0.3, 0.4) is 0 Å². The molecule has 0 fully saturated rings. The summed E-state index contributed by atoms with van der Waals surface area (Å²) in [7, 11) is 0. The third-order valence-corrected chi connectivity index (χ3v) is 7.62. The Labute approximate surface area is 220 Å². The maximum atomic E-state index is 6.42. The Morgan fingerprint density at radius 1 is 0.395 bits per heavy atom. The molecule has 0 saturated heterocycles. The van der Waals surface area contributed by atoms with E-state index in [4.69, 9.17) is 4.42 Å². The molecule has 1 heterocycles. The number of nitrogens with zero attached hydrogens (tertiary/aromatic N) is 1. The zero-order chi connectivity index (χ0) is 25.1. The summed E-state index contributed by atoms with van der Waals surface area (Å²) < 4.78 is 6.42. The quantitative estimate of drug-likeness (QED) is 0.231. The summed E-state index contributed by atoms with van der Waals surface area (Å²) in [5, 5.41) is 9.52. The van der Waals surface area contributed by atoms with Gasteiger partial charge in [0.1, 0.15) is 11.2 Å². The van der Waals surface area contributed by atoms with Crippen molar-refractivity contribution in [1.29, 1.82) is 0 Å². The Morgan fingerprint density at radius 2 is 1.00 bits per heavy atom. The molecule has 0 atom stereocenters. The molecule has 0 bridgehead atoms. The van der Waals surface area contributed by atoms with Gasteiger partial charge in [-0.15, -0.1) is 0 Å². The first-order valence-electron chi connectivity index (χ1n) is 13.0. The van der Waals surface area contributed by atoms with Crippen LogP contribution >= 0.6 is 0 Å². The Kier molecular flexibility index (Phi) is 4.55. The van der Waals surface area contributed by atoms with Crippen LogP contribution in [-0.2, 0) is 0 Å². The van der Waals surface area contributed by atoms with E-state index in [-0.39, 0.29) is 0 Å². The largest absolute Gasteiger partial charge is 0.455 e. The molecule has 2 heteroatoms. The second-order valence-electron chi connectivity index (χ2n) is 9.75. The lowest BCUT2D eigenvalue weighted by molar-refractivity contribution is 0.672. The number of furan rings is 1. The van der Waals surface area contributed by atoms with Crippen LogP contribution in [0, 0.1) is 0 Å². The Bertz CT molecular complexity index is 2140. The van der Waals surface area contributed by atoms with E-state index in [0.29, 0.717) is 0 Å². The van der Waals surface area contributed by atoms with Gasteiger partial charge in [0.25, 0.3) is 0 Å². The molecular formula is C36H23NO. The van der Waals surface area contributed by atoms with E-state index in [1.165, 1.54) is 21.5 Å². The maximum Gasteiger partial charge on any atom is 0.143 e. The molecule has 0 N–H and O–H groups in total. The van der Waals surface area contributed by atoms with Gasteiger partial charge in [0.15, 0.2) is 0 Å². The summed E-state index contributed by atoms with van der Waals surface area (Å²) in [4.78, 5) is 2.39. The molecule has 0 aliphatic rings. The molecule has 178 valence electrons. The summed E-state index contributed by atoms with van der Waals surface area (Å²) >= 11 is 0. The standard InChI is InChI=1S/C36H23NO/c1-2-12-25(13-3-1)37(34-23-24-11-4-5-14-26(24)27-15-6-7-16-28(27)34)33-19-10-18-31-29(33)21-22-32-30-17-8-9-20-35(30)38-36(31)32/h1-23H. The van der Waals surface area contributed by atoms with Gasteiger partial charge in [0.05, 0.1) is 11.4 Å². The molecule has 2 nitrogen and oxygen atoms in total. The summed E-state index contributed by atoms with van der Waals surface area (Å²) in [5.41, 5.74) is 5.24. The van der Waals surface area contributed by atoms with Crippen molar-refractivity contribution >= 4 is 71.3 Å². The van der Waals surface area contributed by atoms with Gasteiger partial charge in [-0.2, -0.15) is 0 Å². The van der Waals surface area contributed by atoms with Gasteiger partial charge in [-0.05, 0) is 52.6 Å². The number of rotatable bonds is 3. The first-order valence-corrected chi connectivity index (χ1v) is 13.0. The maximum absolute atomic E-state index is 6.42. The fourth-order valence-corrected chi connectivity index (χ4v) is 5.92. The van der Waals surface area contributed by atoms with Gasteiger partial charge in [0.2, 0.25) is 0 Å². The van der Waals surface area contributed by atoms with Crippen molar-refractivity contribution in [2.24, 2.45) is 0 Å². The fraction of sp³-hybridized carbons (Fsp3) is 0. The van der Waals surface area contributed by atoms with Crippen molar-refractivity contribution in [3.05, 3.63) is 140 Å². The SMILES string of the molecule is c1ccc(N(c2cc3ccccc3c3ccccc23)c2cccc3c2ccc2c4ccccc4oc32)cc1. The molecule has 8 aromatic rings. The average Bonchev–Trinajstić information content (AvgIpc) is 3.37. The fourth-order valence-electron chi connectivity index (χ4n) is 5.92. The third kappa shape index (κ3) is 3.07. The number of anilines is 3. The molecule has 0 aliphatic heterocycles. The van der Waals surface area contributed by atoms with Gasteiger partial charge in [-0.1, -0.05) is 103 Å². The Balaban J connectivity index is 1.48. The van der Waals surface area contributed by atoms with E-state index < -0.39 is 0 Å².